The van der Waals surface area contributed by atoms with Crippen LogP contribution in [0.2, 0.25) is 0 Å². The molecule has 0 amide bonds. The smallest absolute Gasteiger partial charge is 0.356 e. The molecule has 1 aliphatic heterocycles. The topological polar surface area (TPSA) is 73.8 Å². The Morgan fingerprint density at radius 3 is 2.27 bits per heavy atom. The van der Waals surface area contributed by atoms with Gasteiger partial charge in [-0.2, -0.15) is 17.5 Å². The Labute approximate surface area is 191 Å². The van der Waals surface area contributed by atoms with Gasteiger partial charge in [-0.25, -0.2) is 12.8 Å². The molecule has 0 saturated carbocycles. The van der Waals surface area contributed by atoms with Crippen LogP contribution in [0.1, 0.15) is 32.3 Å². The summed E-state index contributed by atoms with van der Waals surface area (Å²) >= 11 is 0. The maximum Gasteiger partial charge on any atom is 0.511 e. The predicted octanol–water partition coefficient (Wildman–Crippen LogP) is 3.20. The van der Waals surface area contributed by atoms with Gasteiger partial charge in [-0.3, -0.25) is 4.99 Å². The van der Waals surface area contributed by atoms with Gasteiger partial charge in [-0.1, -0.05) is 32.0 Å². The predicted molar refractivity (Wildman–Crippen MR) is 119 cm³/mol. The van der Waals surface area contributed by atoms with Crippen LogP contribution in [0, 0.1) is 5.82 Å². The Morgan fingerprint density at radius 1 is 1.20 bits per heavy atom. The van der Waals surface area contributed by atoms with Crippen molar-refractivity contribution in [2.75, 3.05) is 26.7 Å². The monoisotopic (exact) mass is 566 g/mol. The SMILES string of the molecule is CN=C(NCC(C)(C)c1ccccc1F)NC1CCN(S(=O)(=O)C(F)(F)F)CC1.I. The molecule has 1 fully saturated rings. The molecule has 0 bridgehead atoms. The molecule has 0 unspecified atom stereocenters. The highest BCUT2D eigenvalue weighted by Crippen LogP contribution is 2.29. The van der Waals surface area contributed by atoms with Crippen molar-refractivity contribution in [2.45, 2.75) is 43.7 Å². The Balaban J connectivity index is 0.00000450. The van der Waals surface area contributed by atoms with E-state index in [1.54, 1.807) is 25.2 Å². The average molecular weight is 566 g/mol. The summed E-state index contributed by atoms with van der Waals surface area (Å²) in [6.07, 6.45) is 0.430. The number of nitrogens with zero attached hydrogens (tertiary/aromatic N) is 2. The molecular weight excluding hydrogens is 539 g/mol. The van der Waals surface area contributed by atoms with Crippen molar-refractivity contribution >= 4 is 40.0 Å². The number of alkyl halides is 3. The van der Waals surface area contributed by atoms with Crippen LogP contribution in [0.3, 0.4) is 0 Å². The maximum absolute atomic E-state index is 14.1. The summed E-state index contributed by atoms with van der Waals surface area (Å²) in [5.41, 5.74) is -5.27. The first-order chi connectivity index (χ1) is 13.4. The number of sulfonamides is 1. The van der Waals surface area contributed by atoms with E-state index in [2.05, 4.69) is 15.6 Å². The van der Waals surface area contributed by atoms with Crippen molar-refractivity contribution in [2.24, 2.45) is 4.99 Å². The minimum atomic E-state index is -5.30. The third-order valence-electron chi connectivity index (χ3n) is 4.95. The molecule has 6 nitrogen and oxygen atoms in total. The zero-order chi connectivity index (χ0) is 21.9. The fraction of sp³-hybridized carbons (Fsp3) is 0.611. The lowest BCUT2D eigenvalue weighted by Crippen LogP contribution is -2.52. The molecule has 0 spiro atoms. The van der Waals surface area contributed by atoms with Gasteiger partial charge in [0.2, 0.25) is 0 Å². The minimum Gasteiger partial charge on any atom is -0.356 e. The Kier molecular flexibility index (Phi) is 9.36. The van der Waals surface area contributed by atoms with Crippen molar-refractivity contribution in [3.05, 3.63) is 35.6 Å². The van der Waals surface area contributed by atoms with E-state index in [1.807, 2.05) is 13.8 Å². The van der Waals surface area contributed by atoms with Crippen LogP contribution in [0.15, 0.2) is 29.3 Å². The lowest BCUT2D eigenvalue weighted by Gasteiger charge is -2.33. The normalized spacial score (nSPS) is 17.4. The van der Waals surface area contributed by atoms with Crippen molar-refractivity contribution < 1.29 is 26.0 Å². The quantitative estimate of drug-likeness (QED) is 0.249. The van der Waals surface area contributed by atoms with E-state index in [0.717, 1.165) is 0 Å². The van der Waals surface area contributed by atoms with Crippen LogP contribution < -0.4 is 10.6 Å². The fourth-order valence-corrected chi connectivity index (χ4v) is 4.17. The van der Waals surface area contributed by atoms with Gasteiger partial charge in [0, 0.05) is 38.1 Å². The molecule has 0 aliphatic carbocycles. The molecule has 1 aromatic rings. The fourth-order valence-electron chi connectivity index (χ4n) is 3.18. The zero-order valence-electron chi connectivity index (χ0n) is 17.0. The number of aliphatic imine (C=N–C) groups is 1. The molecule has 2 N–H and O–H groups in total. The van der Waals surface area contributed by atoms with Crippen molar-refractivity contribution in [3.8, 4) is 0 Å². The van der Waals surface area contributed by atoms with E-state index < -0.39 is 20.9 Å². The molecule has 30 heavy (non-hydrogen) atoms. The van der Waals surface area contributed by atoms with E-state index in [0.29, 0.717) is 22.4 Å². The number of piperidine rings is 1. The molecule has 0 radical (unpaired) electrons. The van der Waals surface area contributed by atoms with E-state index in [1.165, 1.54) is 6.07 Å². The molecule has 0 aromatic heterocycles. The molecule has 2 rings (SSSR count). The molecule has 1 heterocycles. The van der Waals surface area contributed by atoms with E-state index >= 15 is 0 Å². The summed E-state index contributed by atoms with van der Waals surface area (Å²) in [4.78, 5) is 4.10. The lowest BCUT2D eigenvalue weighted by molar-refractivity contribution is -0.0494. The summed E-state index contributed by atoms with van der Waals surface area (Å²) in [7, 11) is -3.75. The summed E-state index contributed by atoms with van der Waals surface area (Å²) in [5, 5.41) is 6.21. The second-order valence-corrected chi connectivity index (χ2v) is 9.49. The zero-order valence-corrected chi connectivity index (χ0v) is 20.1. The number of hydrogen-bond donors (Lipinski definition) is 2. The molecule has 1 saturated heterocycles. The number of hydrogen-bond acceptors (Lipinski definition) is 3. The van der Waals surface area contributed by atoms with Crippen LogP contribution in [0.25, 0.3) is 0 Å². The summed E-state index contributed by atoms with van der Waals surface area (Å²) < 4.78 is 75.5. The van der Waals surface area contributed by atoms with Crippen molar-refractivity contribution in [3.63, 3.8) is 0 Å². The first-order valence-corrected chi connectivity index (χ1v) is 10.6. The third kappa shape index (κ3) is 6.42. The summed E-state index contributed by atoms with van der Waals surface area (Å²) in [6, 6.07) is 6.26. The Hall–Kier alpha value is -1.15. The highest BCUT2D eigenvalue weighted by molar-refractivity contribution is 14.0. The average Bonchev–Trinajstić information content (AvgIpc) is 2.64. The molecule has 1 aromatic carbocycles. The van der Waals surface area contributed by atoms with Gasteiger partial charge in [0.15, 0.2) is 5.96 Å². The maximum atomic E-state index is 14.1. The Bertz CT molecular complexity index is 839. The minimum absolute atomic E-state index is 0. The number of guanidine groups is 1. The van der Waals surface area contributed by atoms with Crippen LogP contribution in [-0.4, -0.2) is 56.9 Å². The first-order valence-electron chi connectivity index (χ1n) is 9.17. The summed E-state index contributed by atoms with van der Waals surface area (Å²) in [5.74, 6) is 0.118. The van der Waals surface area contributed by atoms with E-state index in [-0.39, 0.29) is 61.8 Å². The van der Waals surface area contributed by atoms with Gasteiger partial charge in [-0.15, -0.1) is 24.0 Å². The van der Waals surface area contributed by atoms with Gasteiger partial charge in [0.05, 0.1) is 0 Å². The van der Waals surface area contributed by atoms with Gasteiger partial charge < -0.3 is 10.6 Å². The number of nitrogens with one attached hydrogen (secondary N) is 2. The Morgan fingerprint density at radius 2 is 1.77 bits per heavy atom. The largest absolute Gasteiger partial charge is 0.511 e. The molecule has 172 valence electrons. The second-order valence-electron chi connectivity index (χ2n) is 7.56. The molecule has 0 atom stereocenters. The van der Waals surface area contributed by atoms with Crippen LogP contribution in [0.5, 0.6) is 0 Å². The van der Waals surface area contributed by atoms with Gasteiger partial charge in [0.25, 0.3) is 0 Å². The summed E-state index contributed by atoms with van der Waals surface area (Å²) in [6.45, 7) is 3.68. The number of benzene rings is 1. The van der Waals surface area contributed by atoms with Crippen molar-refractivity contribution in [1.29, 1.82) is 0 Å². The molecule has 12 heteroatoms. The highest BCUT2D eigenvalue weighted by Gasteiger charge is 2.50. The second kappa shape index (κ2) is 10.4. The van der Waals surface area contributed by atoms with E-state index in [9.17, 15) is 26.0 Å². The van der Waals surface area contributed by atoms with Gasteiger partial charge in [0.1, 0.15) is 5.82 Å². The van der Waals surface area contributed by atoms with Crippen LogP contribution >= 0.6 is 24.0 Å². The number of halogens is 5. The number of rotatable bonds is 5. The van der Waals surface area contributed by atoms with Crippen molar-refractivity contribution in [1.82, 2.24) is 14.9 Å². The van der Waals surface area contributed by atoms with Crippen LogP contribution in [-0.2, 0) is 15.4 Å². The van der Waals surface area contributed by atoms with Crippen LogP contribution in [0.4, 0.5) is 17.6 Å². The first kappa shape index (κ1) is 26.9. The van der Waals surface area contributed by atoms with Gasteiger partial charge >= 0.3 is 15.5 Å². The molecule has 1 aliphatic rings. The van der Waals surface area contributed by atoms with Gasteiger partial charge in [-0.05, 0) is 24.5 Å². The lowest BCUT2D eigenvalue weighted by atomic mass is 9.84. The van der Waals surface area contributed by atoms with E-state index in [4.69, 9.17) is 0 Å². The highest BCUT2D eigenvalue weighted by atomic mass is 127. The third-order valence-corrected chi connectivity index (χ3v) is 6.58. The molecular formula is C18H27F4IN4O2S. The standard InChI is InChI=1S/C18H26F4N4O2S.HI/c1-17(2,14-6-4-5-7-15(14)19)12-24-16(23-3)25-13-8-10-26(11-9-13)29(27,28)18(20,21)22;/h4-7,13H,8-12H2,1-3H3,(H2,23,24,25);1H.